The Kier molecular flexibility index (Phi) is 9.52. The van der Waals surface area contributed by atoms with Crippen molar-refractivity contribution in [1.29, 1.82) is 0 Å². The minimum absolute atomic E-state index is 0.331. The van der Waals surface area contributed by atoms with E-state index in [-0.39, 0.29) is 5.97 Å². The van der Waals surface area contributed by atoms with Crippen LogP contribution in [0.3, 0.4) is 0 Å². The molecule has 26 heavy (non-hydrogen) atoms. The van der Waals surface area contributed by atoms with Gasteiger partial charge in [0.1, 0.15) is 17.1 Å². The van der Waals surface area contributed by atoms with E-state index in [9.17, 15) is 4.79 Å². The van der Waals surface area contributed by atoms with Crippen LogP contribution in [0.2, 0.25) is 0 Å². The minimum Gasteiger partial charge on any atom is -0.494 e. The number of hydrogen-bond donors (Lipinski definition) is 0. The van der Waals surface area contributed by atoms with Gasteiger partial charge in [0.2, 0.25) is 0 Å². The molecule has 6 heteroatoms. The quantitative estimate of drug-likeness (QED) is 0.206. The van der Waals surface area contributed by atoms with Gasteiger partial charge in [-0.15, -0.1) is 0 Å². The Hall–Kier alpha value is -1.03. The Bertz CT molecular complexity index is 701. The predicted octanol–water partition coefficient (Wildman–Crippen LogP) is 5.70. The van der Waals surface area contributed by atoms with E-state index in [0.717, 1.165) is 28.6 Å². The summed E-state index contributed by atoms with van der Waals surface area (Å²) < 4.78 is 18.9. The molecule has 0 amide bonds. The zero-order chi connectivity index (χ0) is 18.8. The number of ether oxygens (including phenoxy) is 3. The first kappa shape index (κ1) is 21.3. The summed E-state index contributed by atoms with van der Waals surface area (Å²) >= 11 is 4.45. The van der Waals surface area contributed by atoms with Crippen LogP contribution in [0.25, 0.3) is 0 Å². The molecule has 0 bridgehead atoms. The highest BCUT2D eigenvalue weighted by Crippen LogP contribution is 2.23. The fourth-order valence-corrected chi connectivity index (χ4v) is 3.02. The first-order valence-corrected chi connectivity index (χ1v) is 10.7. The van der Waals surface area contributed by atoms with Crippen molar-refractivity contribution < 1.29 is 19.0 Å². The molecule has 0 radical (unpaired) electrons. The van der Waals surface area contributed by atoms with Gasteiger partial charge in [0, 0.05) is 7.14 Å². The van der Waals surface area contributed by atoms with Gasteiger partial charge in [-0.05, 0) is 107 Å². The van der Waals surface area contributed by atoms with E-state index >= 15 is 0 Å². The van der Waals surface area contributed by atoms with E-state index in [0.29, 0.717) is 31.1 Å². The van der Waals surface area contributed by atoms with Crippen LogP contribution in [0, 0.1) is 7.14 Å². The van der Waals surface area contributed by atoms with Gasteiger partial charge in [-0.1, -0.05) is 6.92 Å². The van der Waals surface area contributed by atoms with Gasteiger partial charge in [0.25, 0.3) is 0 Å². The van der Waals surface area contributed by atoms with Crippen molar-refractivity contribution in [3.05, 3.63) is 55.2 Å². The molecule has 2 rings (SSSR count). The van der Waals surface area contributed by atoms with Crippen LogP contribution in [0.15, 0.2) is 42.5 Å². The predicted molar refractivity (Wildman–Crippen MR) is 119 cm³/mol. The minimum atomic E-state index is -0.331. The number of esters is 1. The average molecular weight is 580 g/mol. The largest absolute Gasteiger partial charge is 0.494 e. The van der Waals surface area contributed by atoms with Gasteiger partial charge in [-0.3, -0.25) is 0 Å². The summed E-state index contributed by atoms with van der Waals surface area (Å²) in [6, 6.07) is 13.5. The molecule has 4 nitrogen and oxygen atoms in total. The molecule has 2 aromatic rings. The van der Waals surface area contributed by atoms with Crippen LogP contribution < -0.4 is 9.47 Å². The molecule has 0 aliphatic carbocycles. The number of carbonyl (C=O) groups is 1. The van der Waals surface area contributed by atoms with Crippen molar-refractivity contribution >= 4 is 51.2 Å². The molecule has 0 aromatic heterocycles. The smallest absolute Gasteiger partial charge is 0.341 e. The third-order valence-electron chi connectivity index (χ3n) is 3.48. The molecule has 140 valence electrons. The molecule has 0 atom stereocenters. The van der Waals surface area contributed by atoms with Crippen molar-refractivity contribution in [3.63, 3.8) is 0 Å². The van der Waals surface area contributed by atoms with E-state index in [4.69, 9.17) is 14.2 Å². The highest BCUT2D eigenvalue weighted by molar-refractivity contribution is 14.1. The lowest BCUT2D eigenvalue weighted by molar-refractivity contribution is 0.0500. The van der Waals surface area contributed by atoms with Crippen LogP contribution in [-0.2, 0) is 4.74 Å². The zero-order valence-electron chi connectivity index (χ0n) is 14.7. The van der Waals surface area contributed by atoms with E-state index in [1.165, 1.54) is 3.57 Å². The van der Waals surface area contributed by atoms with Crippen molar-refractivity contribution in [3.8, 4) is 11.5 Å². The maximum Gasteiger partial charge on any atom is 0.341 e. The van der Waals surface area contributed by atoms with Crippen molar-refractivity contribution in [2.75, 3.05) is 19.8 Å². The Morgan fingerprint density at radius 3 is 2.23 bits per heavy atom. The van der Waals surface area contributed by atoms with Gasteiger partial charge in [0.05, 0.1) is 19.8 Å². The topological polar surface area (TPSA) is 44.8 Å². The number of carbonyl (C=O) groups excluding carboxylic acids is 1. The maximum atomic E-state index is 12.2. The fraction of sp³-hybridized carbons (Fsp3) is 0.350. The number of rotatable bonds is 10. The lowest BCUT2D eigenvalue weighted by Crippen LogP contribution is -2.10. The molecule has 0 unspecified atom stereocenters. The summed E-state index contributed by atoms with van der Waals surface area (Å²) in [4.78, 5) is 12.2. The molecule has 0 aliphatic rings. The van der Waals surface area contributed by atoms with E-state index in [1.54, 1.807) is 6.07 Å². The molecular weight excluding hydrogens is 558 g/mol. The Morgan fingerprint density at radius 2 is 1.54 bits per heavy atom. The monoisotopic (exact) mass is 580 g/mol. The molecule has 0 aliphatic heterocycles. The molecule has 0 saturated heterocycles. The Morgan fingerprint density at radius 1 is 0.885 bits per heavy atom. The second kappa shape index (κ2) is 11.6. The standard InChI is InChI=1S/C20H22I2O4/c1-2-11-26-20(23)18-14-16(22)7-10-19(18)25-13-4-3-12-24-17-8-5-15(21)6-9-17/h5-10,14H,2-4,11-13H2,1H3. The third-order valence-corrected chi connectivity index (χ3v) is 4.87. The number of unbranched alkanes of at least 4 members (excludes halogenated alkanes) is 1. The molecule has 2 aromatic carbocycles. The van der Waals surface area contributed by atoms with Crippen molar-refractivity contribution in [2.45, 2.75) is 26.2 Å². The number of halogens is 2. The molecule has 0 saturated carbocycles. The second-order valence-corrected chi connectivity index (χ2v) is 8.13. The SMILES string of the molecule is CCCOC(=O)c1cc(I)ccc1OCCCCOc1ccc(I)cc1. The van der Waals surface area contributed by atoms with Gasteiger partial charge >= 0.3 is 5.97 Å². The first-order chi connectivity index (χ1) is 12.6. The van der Waals surface area contributed by atoms with E-state index in [1.807, 2.05) is 43.3 Å². The molecule has 0 spiro atoms. The molecule has 0 fully saturated rings. The third kappa shape index (κ3) is 7.30. The summed E-state index contributed by atoms with van der Waals surface area (Å²) in [5.74, 6) is 1.12. The fourth-order valence-electron chi connectivity index (χ4n) is 2.17. The summed E-state index contributed by atoms with van der Waals surface area (Å²) in [5, 5.41) is 0. The highest BCUT2D eigenvalue weighted by Gasteiger charge is 2.14. The van der Waals surface area contributed by atoms with Crippen molar-refractivity contribution in [2.24, 2.45) is 0 Å². The Balaban J connectivity index is 1.76. The van der Waals surface area contributed by atoms with Crippen LogP contribution in [0.5, 0.6) is 11.5 Å². The van der Waals surface area contributed by atoms with E-state index in [2.05, 4.69) is 45.2 Å². The van der Waals surface area contributed by atoms with Crippen LogP contribution in [-0.4, -0.2) is 25.8 Å². The van der Waals surface area contributed by atoms with Crippen LogP contribution >= 0.6 is 45.2 Å². The van der Waals surface area contributed by atoms with Crippen LogP contribution in [0.4, 0.5) is 0 Å². The lowest BCUT2D eigenvalue weighted by Gasteiger charge is -2.12. The summed E-state index contributed by atoms with van der Waals surface area (Å²) in [6.07, 6.45) is 2.53. The van der Waals surface area contributed by atoms with Gasteiger partial charge < -0.3 is 14.2 Å². The van der Waals surface area contributed by atoms with Crippen LogP contribution in [0.1, 0.15) is 36.5 Å². The number of benzene rings is 2. The normalized spacial score (nSPS) is 10.4. The summed E-state index contributed by atoms with van der Waals surface area (Å²) in [6.45, 7) is 3.56. The van der Waals surface area contributed by atoms with Gasteiger partial charge in [-0.2, -0.15) is 0 Å². The second-order valence-electron chi connectivity index (χ2n) is 5.63. The van der Waals surface area contributed by atoms with Gasteiger partial charge in [0.15, 0.2) is 0 Å². The molecular formula is C20H22I2O4. The highest BCUT2D eigenvalue weighted by atomic mass is 127. The lowest BCUT2D eigenvalue weighted by atomic mass is 10.2. The first-order valence-electron chi connectivity index (χ1n) is 8.58. The van der Waals surface area contributed by atoms with Gasteiger partial charge in [-0.25, -0.2) is 4.79 Å². The van der Waals surface area contributed by atoms with Crippen molar-refractivity contribution in [1.82, 2.24) is 0 Å². The number of hydrogen-bond acceptors (Lipinski definition) is 4. The Labute approximate surface area is 181 Å². The zero-order valence-corrected chi connectivity index (χ0v) is 19.0. The summed E-state index contributed by atoms with van der Waals surface area (Å²) in [5.41, 5.74) is 0.487. The average Bonchev–Trinajstić information content (AvgIpc) is 2.65. The molecule has 0 heterocycles. The summed E-state index contributed by atoms with van der Waals surface area (Å²) in [7, 11) is 0. The molecule has 0 N–H and O–H groups in total. The van der Waals surface area contributed by atoms with E-state index < -0.39 is 0 Å². The maximum absolute atomic E-state index is 12.2.